The number of nitrogens with zero attached hydrogens (tertiary/aromatic N) is 1. The molecule has 1 N–H and O–H groups in total. The summed E-state index contributed by atoms with van der Waals surface area (Å²) in [7, 11) is 0. The maximum Gasteiger partial charge on any atom is 0.0300 e. The van der Waals surface area contributed by atoms with Gasteiger partial charge in [0, 0.05) is 42.0 Å². The van der Waals surface area contributed by atoms with E-state index in [1.54, 1.807) is 0 Å². The summed E-state index contributed by atoms with van der Waals surface area (Å²) in [6, 6.07) is 0.650. The van der Waals surface area contributed by atoms with Crippen molar-refractivity contribution >= 4 is 35.7 Å². The first-order valence-electron chi connectivity index (χ1n) is 3.13. The number of rotatable bonds is 1. The zero-order valence-corrected chi connectivity index (χ0v) is 8.23. The number of thiol groups is 1. The molecule has 1 fully saturated rings. The van der Waals surface area contributed by atoms with E-state index in [1.807, 2.05) is 0 Å². The van der Waals surface area contributed by atoms with Crippen LogP contribution in [0.25, 0.3) is 0 Å². The Hall–Kier alpha value is 1.00. The Morgan fingerprint density at radius 2 is 2.44 bits per heavy atom. The Balaban J connectivity index is 2.23. The van der Waals surface area contributed by atoms with E-state index < -0.39 is 0 Å². The Bertz CT molecular complexity index is 91.0. The van der Waals surface area contributed by atoms with Crippen LogP contribution in [0.5, 0.6) is 0 Å². The lowest BCUT2D eigenvalue weighted by Crippen LogP contribution is -2.37. The first-order chi connectivity index (χ1) is 4.33. The lowest BCUT2D eigenvalue weighted by Gasteiger charge is -2.27. The summed E-state index contributed by atoms with van der Waals surface area (Å²) in [4.78, 5) is 0. The van der Waals surface area contributed by atoms with Crippen LogP contribution in [0.3, 0.4) is 0 Å². The third kappa shape index (κ3) is 2.61. The Morgan fingerprint density at radius 1 is 1.67 bits per heavy atom. The Labute approximate surface area is 75.4 Å². The van der Waals surface area contributed by atoms with Gasteiger partial charge in [0.2, 0.25) is 0 Å². The van der Waals surface area contributed by atoms with Crippen LogP contribution >= 0.6 is 35.7 Å². The van der Waals surface area contributed by atoms with Gasteiger partial charge in [0.1, 0.15) is 0 Å². The molecule has 0 bridgehead atoms. The van der Waals surface area contributed by atoms with Gasteiger partial charge in [-0.3, -0.25) is 7.84 Å². The molecule has 1 aliphatic rings. The number of piperidine rings is 1. The highest BCUT2D eigenvalue weighted by Gasteiger charge is 2.15. The highest BCUT2D eigenvalue weighted by Crippen LogP contribution is 2.11. The zero-order valence-electron chi connectivity index (χ0n) is 5.18. The van der Waals surface area contributed by atoms with Crippen molar-refractivity contribution in [1.29, 1.82) is 0 Å². The molecule has 1 heterocycles. The van der Waals surface area contributed by atoms with Gasteiger partial charge >= 0.3 is 0 Å². The summed E-state index contributed by atoms with van der Waals surface area (Å²) in [5.41, 5.74) is 0. The molecule has 0 aromatic heterocycles. The van der Waals surface area contributed by atoms with Gasteiger partial charge in [-0.1, -0.05) is 12.8 Å². The fraction of sp³-hybridized carbons (Fsp3) is 1.00. The molecular weight excluding hydrogens is 247 g/mol. The molecule has 1 rings (SSSR count). The van der Waals surface area contributed by atoms with Gasteiger partial charge in [0.25, 0.3) is 0 Å². The highest BCUT2D eigenvalue weighted by atomic mass is 127. The SMILES string of the molecule is SN1CCCC(NI)C1. The third-order valence-corrected chi connectivity index (χ3v) is 2.80. The second-order valence-corrected chi connectivity index (χ2v) is 3.55. The minimum absolute atomic E-state index is 0.650. The molecule has 0 saturated carbocycles. The van der Waals surface area contributed by atoms with E-state index in [4.69, 9.17) is 0 Å². The lowest BCUT2D eigenvalue weighted by atomic mass is 10.1. The topological polar surface area (TPSA) is 15.3 Å². The fourth-order valence-electron chi connectivity index (χ4n) is 1.05. The summed E-state index contributed by atoms with van der Waals surface area (Å²) in [6.45, 7) is 2.21. The molecule has 1 unspecified atom stereocenters. The predicted molar refractivity (Wildman–Crippen MR) is 50.7 cm³/mol. The van der Waals surface area contributed by atoms with Gasteiger partial charge in [-0.05, 0) is 12.8 Å². The van der Waals surface area contributed by atoms with Gasteiger partial charge in [0.05, 0.1) is 0 Å². The number of halogens is 1. The van der Waals surface area contributed by atoms with E-state index in [2.05, 4.69) is 43.5 Å². The van der Waals surface area contributed by atoms with Crippen molar-refractivity contribution in [2.24, 2.45) is 0 Å². The molecule has 0 aliphatic carbocycles. The predicted octanol–water partition coefficient (Wildman–Crippen LogP) is 1.24. The van der Waals surface area contributed by atoms with Gasteiger partial charge in [-0.2, -0.15) is 0 Å². The highest BCUT2D eigenvalue weighted by molar-refractivity contribution is 14.1. The standard InChI is InChI=1S/C5H11IN2S/c6-7-5-2-1-3-8(9)4-5/h5,7,9H,1-4H2. The minimum Gasteiger partial charge on any atom is -0.257 e. The summed E-state index contributed by atoms with van der Waals surface area (Å²) >= 11 is 6.47. The third-order valence-electron chi connectivity index (χ3n) is 1.55. The molecule has 0 radical (unpaired) electrons. The maximum atomic E-state index is 4.26. The molecule has 1 aliphatic heterocycles. The summed E-state index contributed by atoms with van der Waals surface area (Å²) in [5, 5.41) is 0. The van der Waals surface area contributed by atoms with Crippen LogP contribution in [-0.4, -0.2) is 23.4 Å². The summed E-state index contributed by atoms with van der Waals surface area (Å²) < 4.78 is 5.28. The fourth-order valence-corrected chi connectivity index (χ4v) is 1.89. The average Bonchev–Trinajstić information content (AvgIpc) is 1.88. The van der Waals surface area contributed by atoms with Crippen LogP contribution in [0.4, 0.5) is 0 Å². The number of nitrogens with one attached hydrogen (secondary N) is 1. The molecular formula is C5H11IN2S. The molecule has 0 aromatic rings. The maximum absolute atomic E-state index is 4.26. The summed E-state index contributed by atoms with van der Waals surface area (Å²) in [6.07, 6.45) is 2.56. The monoisotopic (exact) mass is 258 g/mol. The van der Waals surface area contributed by atoms with E-state index in [0.717, 1.165) is 13.1 Å². The van der Waals surface area contributed by atoms with Gasteiger partial charge < -0.3 is 0 Å². The zero-order chi connectivity index (χ0) is 6.69. The molecule has 9 heavy (non-hydrogen) atoms. The Kier molecular flexibility index (Phi) is 3.60. The average molecular weight is 258 g/mol. The minimum atomic E-state index is 0.650. The van der Waals surface area contributed by atoms with Gasteiger partial charge in [-0.25, -0.2) is 0 Å². The molecule has 4 heteroatoms. The van der Waals surface area contributed by atoms with Crippen LogP contribution < -0.4 is 3.53 Å². The van der Waals surface area contributed by atoms with Crippen molar-refractivity contribution < 1.29 is 0 Å². The van der Waals surface area contributed by atoms with Crippen LogP contribution in [0, 0.1) is 0 Å². The van der Waals surface area contributed by atoms with E-state index in [9.17, 15) is 0 Å². The van der Waals surface area contributed by atoms with Crippen LogP contribution in [0.1, 0.15) is 12.8 Å². The van der Waals surface area contributed by atoms with E-state index >= 15 is 0 Å². The number of hydrogen-bond acceptors (Lipinski definition) is 3. The normalized spacial score (nSPS) is 30.7. The molecule has 1 saturated heterocycles. The van der Waals surface area contributed by atoms with Gasteiger partial charge in [-0.15, -0.1) is 0 Å². The van der Waals surface area contributed by atoms with Crippen LogP contribution in [-0.2, 0) is 0 Å². The molecule has 0 aromatic carbocycles. The van der Waals surface area contributed by atoms with Crippen molar-refractivity contribution in [2.75, 3.05) is 13.1 Å². The van der Waals surface area contributed by atoms with Crippen molar-refractivity contribution in [3.05, 3.63) is 0 Å². The second-order valence-electron chi connectivity index (χ2n) is 2.36. The molecule has 2 nitrogen and oxygen atoms in total. The lowest BCUT2D eigenvalue weighted by molar-refractivity contribution is 0.339. The van der Waals surface area contributed by atoms with E-state index in [0.29, 0.717) is 6.04 Å². The largest absolute Gasteiger partial charge is 0.257 e. The second kappa shape index (κ2) is 4.00. The molecule has 1 atom stereocenters. The molecule has 0 amide bonds. The van der Waals surface area contributed by atoms with Crippen molar-refractivity contribution in [3.63, 3.8) is 0 Å². The van der Waals surface area contributed by atoms with E-state index in [-0.39, 0.29) is 0 Å². The van der Waals surface area contributed by atoms with Crippen molar-refractivity contribution in [2.45, 2.75) is 18.9 Å². The quantitative estimate of drug-likeness (QED) is 0.418. The first-order valence-corrected chi connectivity index (χ1v) is 4.61. The van der Waals surface area contributed by atoms with E-state index in [1.165, 1.54) is 12.8 Å². The Morgan fingerprint density at radius 3 is 2.89 bits per heavy atom. The molecule has 54 valence electrons. The van der Waals surface area contributed by atoms with Crippen molar-refractivity contribution in [3.8, 4) is 0 Å². The van der Waals surface area contributed by atoms with Crippen molar-refractivity contribution in [1.82, 2.24) is 7.84 Å². The van der Waals surface area contributed by atoms with Gasteiger partial charge in [0.15, 0.2) is 0 Å². The van der Waals surface area contributed by atoms with Crippen LogP contribution in [0.15, 0.2) is 0 Å². The molecule has 0 spiro atoms. The number of hydrogen-bond donors (Lipinski definition) is 2. The van der Waals surface area contributed by atoms with Crippen LogP contribution in [0.2, 0.25) is 0 Å². The smallest absolute Gasteiger partial charge is 0.0300 e. The first kappa shape index (κ1) is 8.10. The summed E-state index contributed by atoms with van der Waals surface area (Å²) in [5.74, 6) is 0.